The lowest BCUT2D eigenvalue weighted by Crippen LogP contribution is -2.27. The summed E-state index contributed by atoms with van der Waals surface area (Å²) in [6.45, 7) is 5.51. The first-order chi connectivity index (χ1) is 8.69. The van der Waals surface area contributed by atoms with Crippen LogP contribution in [0.4, 0.5) is 11.8 Å². The summed E-state index contributed by atoms with van der Waals surface area (Å²) in [6.07, 6.45) is 2.51. The lowest BCUT2D eigenvalue weighted by Gasteiger charge is -2.23. The van der Waals surface area contributed by atoms with Crippen LogP contribution in [-0.2, 0) is 0 Å². The minimum absolute atomic E-state index is 0.577. The zero-order valence-electron chi connectivity index (χ0n) is 11.0. The minimum Gasteiger partial charge on any atom is -0.357 e. The average Bonchev–Trinajstić information content (AvgIpc) is 2.92. The lowest BCUT2D eigenvalue weighted by atomic mass is 10.2. The number of aryl methyl sites for hydroxylation is 1. The van der Waals surface area contributed by atoms with Gasteiger partial charge in [0.1, 0.15) is 10.6 Å². The molecule has 1 unspecified atom stereocenters. The van der Waals surface area contributed by atoms with Gasteiger partial charge in [-0.05, 0) is 32.8 Å². The van der Waals surface area contributed by atoms with E-state index in [0.29, 0.717) is 6.04 Å². The molecule has 1 aliphatic rings. The van der Waals surface area contributed by atoms with Crippen LogP contribution in [0.1, 0.15) is 24.6 Å². The van der Waals surface area contributed by atoms with E-state index in [1.54, 1.807) is 11.3 Å². The summed E-state index contributed by atoms with van der Waals surface area (Å²) in [6, 6.07) is 2.79. The van der Waals surface area contributed by atoms with Gasteiger partial charge >= 0.3 is 0 Å². The largest absolute Gasteiger partial charge is 0.357 e. The maximum Gasteiger partial charge on any atom is 0.225 e. The van der Waals surface area contributed by atoms with Crippen LogP contribution >= 0.6 is 11.3 Å². The number of nitrogens with one attached hydrogen (secondary N) is 1. The first kappa shape index (κ1) is 11.7. The Kier molecular flexibility index (Phi) is 2.86. The van der Waals surface area contributed by atoms with Crippen molar-refractivity contribution in [2.45, 2.75) is 32.7 Å². The summed E-state index contributed by atoms with van der Waals surface area (Å²) >= 11 is 1.74. The number of hydrogen-bond acceptors (Lipinski definition) is 5. The Labute approximate surface area is 111 Å². The zero-order chi connectivity index (χ0) is 12.7. The molecule has 96 valence electrons. The summed E-state index contributed by atoms with van der Waals surface area (Å²) in [7, 11) is 1.87. The van der Waals surface area contributed by atoms with E-state index >= 15 is 0 Å². The van der Waals surface area contributed by atoms with E-state index in [0.717, 1.165) is 23.1 Å². The van der Waals surface area contributed by atoms with Gasteiger partial charge < -0.3 is 10.2 Å². The maximum absolute atomic E-state index is 4.68. The van der Waals surface area contributed by atoms with Gasteiger partial charge in [-0.25, -0.2) is 4.98 Å². The molecule has 1 atom stereocenters. The molecule has 0 amide bonds. The van der Waals surface area contributed by atoms with Gasteiger partial charge in [-0.1, -0.05) is 0 Å². The smallest absolute Gasteiger partial charge is 0.225 e. The van der Waals surface area contributed by atoms with Crippen LogP contribution in [0, 0.1) is 6.92 Å². The van der Waals surface area contributed by atoms with E-state index in [1.165, 1.54) is 23.1 Å². The van der Waals surface area contributed by atoms with Crippen molar-refractivity contribution < 1.29 is 0 Å². The monoisotopic (exact) mass is 262 g/mol. The summed E-state index contributed by atoms with van der Waals surface area (Å²) in [4.78, 5) is 14.0. The summed E-state index contributed by atoms with van der Waals surface area (Å²) in [5.41, 5.74) is 0. The highest BCUT2D eigenvalue weighted by Crippen LogP contribution is 2.34. The molecule has 1 saturated heterocycles. The lowest BCUT2D eigenvalue weighted by molar-refractivity contribution is 0.729. The molecule has 0 aromatic carbocycles. The third-order valence-corrected chi connectivity index (χ3v) is 4.49. The van der Waals surface area contributed by atoms with E-state index < -0.39 is 0 Å². The van der Waals surface area contributed by atoms with Gasteiger partial charge in [0, 0.05) is 24.5 Å². The minimum atomic E-state index is 0.577. The van der Waals surface area contributed by atoms with Gasteiger partial charge in [-0.15, -0.1) is 11.3 Å². The molecule has 5 heteroatoms. The highest BCUT2D eigenvalue weighted by Gasteiger charge is 2.24. The number of thiophene rings is 1. The van der Waals surface area contributed by atoms with Crippen molar-refractivity contribution >= 4 is 33.3 Å². The van der Waals surface area contributed by atoms with Crippen LogP contribution < -0.4 is 10.2 Å². The van der Waals surface area contributed by atoms with Crippen molar-refractivity contribution in [3.63, 3.8) is 0 Å². The second kappa shape index (κ2) is 4.39. The van der Waals surface area contributed by atoms with Crippen molar-refractivity contribution in [3.05, 3.63) is 10.9 Å². The van der Waals surface area contributed by atoms with Crippen LogP contribution in [0.15, 0.2) is 6.07 Å². The predicted octanol–water partition coefficient (Wildman–Crippen LogP) is 3.03. The molecule has 18 heavy (non-hydrogen) atoms. The molecule has 0 bridgehead atoms. The molecule has 4 nitrogen and oxygen atoms in total. The molecule has 0 spiro atoms. The van der Waals surface area contributed by atoms with Gasteiger partial charge in [-0.2, -0.15) is 4.98 Å². The van der Waals surface area contributed by atoms with Gasteiger partial charge in [0.15, 0.2) is 0 Å². The molecule has 3 rings (SSSR count). The predicted molar refractivity (Wildman–Crippen MR) is 77.7 cm³/mol. The standard InChI is InChI=1S/C13H18N4S/c1-8-5-4-6-17(8)11-10-7-9(2)18-12(10)16-13(14-3)15-11/h7-8H,4-6H2,1-3H3,(H,14,15,16). The Balaban J connectivity index is 2.18. The SMILES string of the molecule is CNc1nc(N2CCCC2C)c2cc(C)sc2n1. The maximum atomic E-state index is 4.68. The number of aromatic nitrogens is 2. The first-order valence-electron chi connectivity index (χ1n) is 6.41. The van der Waals surface area contributed by atoms with Crippen LogP contribution in [0.25, 0.3) is 10.2 Å². The van der Waals surface area contributed by atoms with Gasteiger partial charge in [-0.3, -0.25) is 0 Å². The van der Waals surface area contributed by atoms with Crippen molar-refractivity contribution in [3.8, 4) is 0 Å². The number of nitrogens with zero attached hydrogens (tertiary/aromatic N) is 3. The molecule has 0 aliphatic carbocycles. The summed E-state index contributed by atoms with van der Waals surface area (Å²) in [5.74, 6) is 1.82. The fourth-order valence-electron chi connectivity index (χ4n) is 2.61. The Bertz CT molecular complexity index is 578. The van der Waals surface area contributed by atoms with Gasteiger partial charge in [0.25, 0.3) is 0 Å². The first-order valence-corrected chi connectivity index (χ1v) is 7.23. The molecular weight excluding hydrogens is 244 g/mol. The Morgan fingerprint density at radius 3 is 2.94 bits per heavy atom. The molecule has 0 radical (unpaired) electrons. The third-order valence-electron chi connectivity index (χ3n) is 3.54. The quantitative estimate of drug-likeness (QED) is 0.903. The van der Waals surface area contributed by atoms with Gasteiger partial charge in [0.2, 0.25) is 5.95 Å². The molecule has 1 N–H and O–H groups in total. The van der Waals surface area contributed by atoms with E-state index in [1.807, 2.05) is 7.05 Å². The van der Waals surface area contributed by atoms with Crippen molar-refractivity contribution in [2.75, 3.05) is 23.8 Å². The average molecular weight is 262 g/mol. The van der Waals surface area contributed by atoms with Crippen LogP contribution in [0.5, 0.6) is 0 Å². The van der Waals surface area contributed by atoms with E-state index in [2.05, 4.69) is 40.1 Å². The van der Waals surface area contributed by atoms with Gasteiger partial charge in [0.05, 0.1) is 5.39 Å². The number of anilines is 2. The molecule has 3 heterocycles. The Hall–Kier alpha value is -1.36. The van der Waals surface area contributed by atoms with Crippen molar-refractivity contribution in [1.82, 2.24) is 9.97 Å². The molecular formula is C13H18N4S. The van der Waals surface area contributed by atoms with E-state index in [4.69, 9.17) is 0 Å². The van der Waals surface area contributed by atoms with E-state index in [-0.39, 0.29) is 0 Å². The molecule has 2 aromatic rings. The number of hydrogen-bond donors (Lipinski definition) is 1. The highest BCUT2D eigenvalue weighted by atomic mass is 32.1. The van der Waals surface area contributed by atoms with Crippen molar-refractivity contribution in [2.24, 2.45) is 0 Å². The van der Waals surface area contributed by atoms with Crippen LogP contribution in [-0.4, -0.2) is 29.6 Å². The fourth-order valence-corrected chi connectivity index (χ4v) is 3.48. The number of rotatable bonds is 2. The molecule has 1 aliphatic heterocycles. The van der Waals surface area contributed by atoms with E-state index in [9.17, 15) is 0 Å². The normalized spacial score (nSPS) is 19.7. The highest BCUT2D eigenvalue weighted by molar-refractivity contribution is 7.18. The third kappa shape index (κ3) is 1.82. The van der Waals surface area contributed by atoms with Crippen LogP contribution in [0.2, 0.25) is 0 Å². The van der Waals surface area contributed by atoms with Crippen LogP contribution in [0.3, 0.4) is 0 Å². The summed E-state index contributed by atoms with van der Waals surface area (Å²) < 4.78 is 0. The summed E-state index contributed by atoms with van der Waals surface area (Å²) in [5, 5.41) is 4.26. The van der Waals surface area contributed by atoms with Crippen molar-refractivity contribution in [1.29, 1.82) is 0 Å². The number of fused-ring (bicyclic) bond motifs is 1. The fraction of sp³-hybridized carbons (Fsp3) is 0.538. The second-order valence-electron chi connectivity index (χ2n) is 4.88. The molecule has 2 aromatic heterocycles. The Morgan fingerprint density at radius 1 is 1.44 bits per heavy atom. The second-order valence-corrected chi connectivity index (χ2v) is 6.12. The molecule has 0 saturated carbocycles. The topological polar surface area (TPSA) is 41.1 Å². The zero-order valence-corrected chi connectivity index (χ0v) is 11.8. The Morgan fingerprint density at radius 2 is 2.28 bits per heavy atom. The molecule has 1 fully saturated rings.